The normalized spacial score (nSPS) is 21.3. The summed E-state index contributed by atoms with van der Waals surface area (Å²) in [5, 5.41) is 0.741. The molecule has 0 saturated carbocycles. The molecule has 1 saturated heterocycles. The number of piperidine rings is 1. The van der Waals surface area contributed by atoms with Crippen LogP contribution in [0.3, 0.4) is 0 Å². The van der Waals surface area contributed by atoms with Crippen molar-refractivity contribution in [1.82, 2.24) is 0 Å². The zero-order valence-electron chi connectivity index (χ0n) is 9.04. The predicted octanol–water partition coefficient (Wildman–Crippen LogP) is 3.52. The molecule has 86 valence electrons. The Balaban J connectivity index is 2.24. The Morgan fingerprint density at radius 3 is 2.94 bits per heavy atom. The summed E-state index contributed by atoms with van der Waals surface area (Å²) >= 11 is 9.60. The molecule has 2 nitrogen and oxygen atoms in total. The lowest BCUT2D eigenvalue weighted by Crippen LogP contribution is -2.39. The van der Waals surface area contributed by atoms with Crippen molar-refractivity contribution in [1.29, 1.82) is 0 Å². The van der Waals surface area contributed by atoms with Crippen molar-refractivity contribution >= 4 is 39.0 Å². The van der Waals surface area contributed by atoms with E-state index in [0.29, 0.717) is 12.2 Å². The number of Topliss-reactive ketones (excluding diaryl/α,β-unsaturated/α-hetero) is 1. The smallest absolute Gasteiger partial charge is 0.139 e. The van der Waals surface area contributed by atoms with Crippen molar-refractivity contribution in [3.63, 3.8) is 0 Å². The first-order valence-corrected chi connectivity index (χ1v) is 6.47. The van der Waals surface area contributed by atoms with Crippen LogP contribution in [0.4, 0.5) is 5.69 Å². The minimum Gasteiger partial charge on any atom is -0.369 e. The molecule has 1 atom stereocenters. The van der Waals surface area contributed by atoms with Gasteiger partial charge in [-0.25, -0.2) is 0 Å². The average molecular weight is 303 g/mol. The van der Waals surface area contributed by atoms with Gasteiger partial charge in [0, 0.05) is 29.9 Å². The minimum atomic E-state index is 0.101. The van der Waals surface area contributed by atoms with Gasteiger partial charge >= 0.3 is 0 Å². The lowest BCUT2D eigenvalue weighted by Gasteiger charge is -2.32. The molecule has 1 heterocycles. The van der Waals surface area contributed by atoms with Crippen molar-refractivity contribution < 1.29 is 4.79 Å². The first kappa shape index (κ1) is 11.9. The van der Waals surface area contributed by atoms with E-state index >= 15 is 0 Å². The summed E-state index contributed by atoms with van der Waals surface area (Å²) in [7, 11) is 0. The number of hydrogen-bond donors (Lipinski definition) is 0. The summed E-state index contributed by atoms with van der Waals surface area (Å²) in [6, 6.07) is 5.80. The molecule has 0 aromatic heterocycles. The fourth-order valence-corrected chi connectivity index (χ4v) is 2.55. The van der Waals surface area contributed by atoms with Crippen LogP contribution in [0.1, 0.15) is 13.3 Å². The molecule has 1 aromatic rings. The van der Waals surface area contributed by atoms with Crippen LogP contribution in [0, 0.1) is 5.92 Å². The fourth-order valence-electron chi connectivity index (χ4n) is 1.96. The van der Waals surface area contributed by atoms with Gasteiger partial charge < -0.3 is 4.90 Å². The Morgan fingerprint density at radius 1 is 1.50 bits per heavy atom. The molecule has 4 heteroatoms. The number of carbonyl (C=O) groups is 1. The predicted molar refractivity (Wildman–Crippen MR) is 70.2 cm³/mol. The van der Waals surface area contributed by atoms with Gasteiger partial charge in [0.15, 0.2) is 0 Å². The third kappa shape index (κ3) is 2.41. The number of halogens is 2. The van der Waals surface area contributed by atoms with Gasteiger partial charge in [0.2, 0.25) is 0 Å². The van der Waals surface area contributed by atoms with E-state index in [4.69, 9.17) is 11.6 Å². The standard InChI is InChI=1S/C12H13BrClNO/c1-8-7-15(5-4-12(8)16)11-6-9(13)2-3-10(11)14/h2-3,6,8H,4-5,7H2,1H3. The molecule has 1 fully saturated rings. The molecule has 1 unspecified atom stereocenters. The largest absolute Gasteiger partial charge is 0.369 e. The topological polar surface area (TPSA) is 20.3 Å². The number of carbonyl (C=O) groups excluding carboxylic acids is 1. The Bertz CT molecular complexity index is 421. The maximum Gasteiger partial charge on any atom is 0.139 e. The van der Waals surface area contributed by atoms with Crippen LogP contribution in [0.2, 0.25) is 5.02 Å². The van der Waals surface area contributed by atoms with Crippen molar-refractivity contribution in [2.24, 2.45) is 5.92 Å². The molecular weight excluding hydrogens is 289 g/mol. The first-order valence-electron chi connectivity index (χ1n) is 5.30. The Hall–Kier alpha value is -0.540. The second kappa shape index (κ2) is 4.76. The Labute approximate surface area is 109 Å². The number of rotatable bonds is 1. The monoisotopic (exact) mass is 301 g/mol. The zero-order chi connectivity index (χ0) is 11.7. The molecule has 1 aliphatic heterocycles. The molecule has 0 aliphatic carbocycles. The highest BCUT2D eigenvalue weighted by atomic mass is 79.9. The van der Waals surface area contributed by atoms with Crippen molar-refractivity contribution in [3.05, 3.63) is 27.7 Å². The van der Waals surface area contributed by atoms with Gasteiger partial charge in [-0.15, -0.1) is 0 Å². The van der Waals surface area contributed by atoms with E-state index in [1.807, 2.05) is 25.1 Å². The fraction of sp³-hybridized carbons (Fsp3) is 0.417. The maximum atomic E-state index is 11.5. The van der Waals surface area contributed by atoms with Crippen molar-refractivity contribution in [2.75, 3.05) is 18.0 Å². The molecule has 1 aliphatic rings. The number of hydrogen-bond acceptors (Lipinski definition) is 2. The quantitative estimate of drug-likeness (QED) is 0.791. The molecule has 0 amide bonds. The average Bonchev–Trinajstić information content (AvgIpc) is 2.26. The van der Waals surface area contributed by atoms with E-state index in [-0.39, 0.29) is 5.92 Å². The maximum absolute atomic E-state index is 11.5. The lowest BCUT2D eigenvalue weighted by molar-refractivity contribution is -0.122. The molecule has 0 bridgehead atoms. The second-order valence-corrected chi connectivity index (χ2v) is 5.48. The van der Waals surface area contributed by atoms with E-state index in [1.165, 1.54) is 0 Å². The summed E-state index contributed by atoms with van der Waals surface area (Å²) in [4.78, 5) is 13.6. The van der Waals surface area contributed by atoms with Gasteiger partial charge in [-0.05, 0) is 18.2 Å². The number of nitrogens with zero attached hydrogens (tertiary/aromatic N) is 1. The molecule has 0 spiro atoms. The van der Waals surface area contributed by atoms with Crippen LogP contribution >= 0.6 is 27.5 Å². The lowest BCUT2D eigenvalue weighted by atomic mass is 9.98. The van der Waals surface area contributed by atoms with E-state index < -0.39 is 0 Å². The van der Waals surface area contributed by atoms with Gasteiger partial charge in [-0.1, -0.05) is 34.5 Å². The number of ketones is 1. The van der Waals surface area contributed by atoms with Gasteiger partial charge in [-0.2, -0.15) is 0 Å². The number of benzene rings is 1. The van der Waals surface area contributed by atoms with Gasteiger partial charge in [0.05, 0.1) is 10.7 Å². The Morgan fingerprint density at radius 2 is 2.25 bits per heavy atom. The van der Waals surface area contributed by atoms with E-state index in [9.17, 15) is 4.79 Å². The van der Waals surface area contributed by atoms with E-state index in [1.54, 1.807) is 0 Å². The van der Waals surface area contributed by atoms with Crippen LogP contribution in [0.25, 0.3) is 0 Å². The SMILES string of the molecule is CC1CN(c2cc(Br)ccc2Cl)CCC1=O. The van der Waals surface area contributed by atoms with Gasteiger partial charge in [-0.3, -0.25) is 4.79 Å². The molecule has 0 N–H and O–H groups in total. The van der Waals surface area contributed by atoms with Crippen LogP contribution in [-0.4, -0.2) is 18.9 Å². The summed E-state index contributed by atoms with van der Waals surface area (Å²) in [5.41, 5.74) is 1.01. The molecule has 16 heavy (non-hydrogen) atoms. The molecule has 1 aromatic carbocycles. The third-order valence-electron chi connectivity index (χ3n) is 2.92. The van der Waals surface area contributed by atoms with Crippen LogP contribution in [0.5, 0.6) is 0 Å². The van der Waals surface area contributed by atoms with Gasteiger partial charge in [0.1, 0.15) is 5.78 Å². The summed E-state index contributed by atoms with van der Waals surface area (Å²) < 4.78 is 1.01. The first-order chi connectivity index (χ1) is 7.58. The highest BCUT2D eigenvalue weighted by Gasteiger charge is 2.24. The van der Waals surface area contributed by atoms with Crippen molar-refractivity contribution in [2.45, 2.75) is 13.3 Å². The van der Waals surface area contributed by atoms with Crippen LogP contribution < -0.4 is 4.90 Å². The zero-order valence-corrected chi connectivity index (χ0v) is 11.4. The van der Waals surface area contributed by atoms with E-state index in [2.05, 4.69) is 20.8 Å². The highest BCUT2D eigenvalue weighted by molar-refractivity contribution is 9.10. The van der Waals surface area contributed by atoms with Crippen LogP contribution in [0.15, 0.2) is 22.7 Å². The minimum absolute atomic E-state index is 0.101. The summed E-state index contributed by atoms with van der Waals surface area (Å²) in [6.45, 7) is 3.49. The third-order valence-corrected chi connectivity index (χ3v) is 3.73. The van der Waals surface area contributed by atoms with Crippen molar-refractivity contribution in [3.8, 4) is 0 Å². The number of anilines is 1. The summed E-state index contributed by atoms with van der Waals surface area (Å²) in [6.07, 6.45) is 0.615. The molecular formula is C12H13BrClNO. The summed E-state index contributed by atoms with van der Waals surface area (Å²) in [5.74, 6) is 0.450. The molecule has 0 radical (unpaired) electrons. The van der Waals surface area contributed by atoms with E-state index in [0.717, 1.165) is 28.3 Å². The second-order valence-electron chi connectivity index (χ2n) is 4.16. The van der Waals surface area contributed by atoms with Gasteiger partial charge in [0.25, 0.3) is 0 Å². The Kier molecular flexibility index (Phi) is 3.55. The highest BCUT2D eigenvalue weighted by Crippen LogP contribution is 2.31. The van der Waals surface area contributed by atoms with Crippen LogP contribution in [-0.2, 0) is 4.79 Å². The molecule has 2 rings (SSSR count).